The Morgan fingerprint density at radius 2 is 2.05 bits per heavy atom. The van der Waals surface area contributed by atoms with Gasteiger partial charge >= 0.3 is 5.97 Å². The van der Waals surface area contributed by atoms with Gasteiger partial charge in [-0.15, -0.1) is 0 Å². The normalized spacial score (nSPS) is 11.6. The van der Waals surface area contributed by atoms with Gasteiger partial charge in [0.15, 0.2) is 0 Å². The molecule has 0 fully saturated rings. The second-order valence-corrected chi connectivity index (χ2v) is 6.24. The summed E-state index contributed by atoms with van der Waals surface area (Å²) in [5, 5.41) is 9.58. The summed E-state index contributed by atoms with van der Waals surface area (Å²) < 4.78 is 35.4. The Balaban J connectivity index is 3.06. The van der Waals surface area contributed by atoms with Crippen LogP contribution in [0.25, 0.3) is 0 Å². The number of nitrogens with zero attached hydrogens (tertiary/aromatic N) is 1. The number of benzene rings is 1. The standard InChI is InChI=1S/C13H19NO6S/c1-4-20-8-7-14(2)21(17,18)10-5-6-12(15)11(9-10)13(16)19-3/h5-6,9,15H,4,7-8H2,1-3H3. The average Bonchev–Trinajstić information content (AvgIpc) is 2.46. The van der Waals surface area contributed by atoms with Crippen molar-refractivity contribution in [3.63, 3.8) is 0 Å². The van der Waals surface area contributed by atoms with E-state index in [0.717, 1.165) is 23.5 Å². The van der Waals surface area contributed by atoms with Crippen molar-refractivity contribution in [3.05, 3.63) is 23.8 Å². The van der Waals surface area contributed by atoms with E-state index >= 15 is 0 Å². The molecule has 0 spiro atoms. The van der Waals surface area contributed by atoms with Crippen LogP contribution in [0.4, 0.5) is 0 Å². The van der Waals surface area contributed by atoms with Crippen LogP contribution in [-0.2, 0) is 19.5 Å². The Bertz CT molecular complexity index is 599. The van der Waals surface area contributed by atoms with E-state index < -0.39 is 16.0 Å². The van der Waals surface area contributed by atoms with E-state index in [1.807, 2.05) is 6.92 Å². The monoisotopic (exact) mass is 317 g/mol. The zero-order valence-corrected chi connectivity index (χ0v) is 13.0. The van der Waals surface area contributed by atoms with Gasteiger partial charge in [0.1, 0.15) is 11.3 Å². The maximum absolute atomic E-state index is 12.3. The van der Waals surface area contributed by atoms with Gasteiger partial charge in [-0.1, -0.05) is 0 Å². The van der Waals surface area contributed by atoms with Crippen molar-refractivity contribution in [1.29, 1.82) is 0 Å². The predicted molar refractivity (Wildman–Crippen MR) is 75.8 cm³/mol. The number of hydrogen-bond donors (Lipinski definition) is 1. The molecule has 0 saturated carbocycles. The summed E-state index contributed by atoms with van der Waals surface area (Å²) in [4.78, 5) is 11.4. The van der Waals surface area contributed by atoms with Crippen molar-refractivity contribution in [1.82, 2.24) is 4.31 Å². The van der Waals surface area contributed by atoms with Crippen molar-refractivity contribution >= 4 is 16.0 Å². The van der Waals surface area contributed by atoms with Crippen molar-refractivity contribution < 1.29 is 27.8 Å². The molecule has 0 amide bonds. The van der Waals surface area contributed by atoms with Gasteiger partial charge in [-0.25, -0.2) is 13.2 Å². The molecule has 0 unspecified atom stereocenters. The van der Waals surface area contributed by atoms with Crippen molar-refractivity contribution in [2.24, 2.45) is 0 Å². The van der Waals surface area contributed by atoms with Gasteiger partial charge in [0.05, 0.1) is 18.6 Å². The molecule has 0 aromatic heterocycles. The molecule has 0 aliphatic carbocycles. The molecule has 8 heteroatoms. The third-order valence-electron chi connectivity index (χ3n) is 2.84. The quantitative estimate of drug-likeness (QED) is 0.591. The van der Waals surface area contributed by atoms with Crippen LogP contribution in [0, 0.1) is 0 Å². The van der Waals surface area contributed by atoms with Gasteiger partial charge in [0, 0.05) is 20.2 Å². The second kappa shape index (κ2) is 7.39. The molecule has 1 aromatic rings. The van der Waals surface area contributed by atoms with Gasteiger partial charge in [-0.3, -0.25) is 0 Å². The minimum absolute atomic E-state index is 0.0975. The van der Waals surface area contributed by atoms with Crippen LogP contribution in [-0.4, -0.2) is 57.7 Å². The highest BCUT2D eigenvalue weighted by Gasteiger charge is 2.23. The van der Waals surface area contributed by atoms with Crippen LogP contribution in [0.2, 0.25) is 0 Å². The molecular weight excluding hydrogens is 298 g/mol. The summed E-state index contributed by atoms with van der Waals surface area (Å²) in [5.74, 6) is -1.14. The molecule has 21 heavy (non-hydrogen) atoms. The average molecular weight is 317 g/mol. The van der Waals surface area contributed by atoms with Crippen LogP contribution < -0.4 is 0 Å². The highest BCUT2D eigenvalue weighted by molar-refractivity contribution is 7.89. The summed E-state index contributed by atoms with van der Waals surface area (Å²) in [6.45, 7) is 2.77. The Labute approximate surface area is 124 Å². The number of sulfonamides is 1. The highest BCUT2D eigenvalue weighted by Crippen LogP contribution is 2.23. The molecule has 0 heterocycles. The number of phenolic OH excluding ortho intramolecular Hbond substituents is 1. The number of carbonyl (C=O) groups excluding carboxylic acids is 1. The number of ether oxygens (including phenoxy) is 2. The molecule has 0 aliphatic heterocycles. The lowest BCUT2D eigenvalue weighted by Gasteiger charge is -2.17. The minimum Gasteiger partial charge on any atom is -0.507 e. The highest BCUT2D eigenvalue weighted by atomic mass is 32.2. The van der Waals surface area contributed by atoms with E-state index in [0.29, 0.717) is 6.61 Å². The smallest absolute Gasteiger partial charge is 0.341 e. The first-order valence-corrected chi connectivity index (χ1v) is 7.74. The van der Waals surface area contributed by atoms with E-state index in [4.69, 9.17) is 4.74 Å². The van der Waals surface area contributed by atoms with Crippen LogP contribution in [0.15, 0.2) is 23.1 Å². The summed E-state index contributed by atoms with van der Waals surface area (Å²) in [5.41, 5.74) is -0.197. The van der Waals surface area contributed by atoms with E-state index in [2.05, 4.69) is 4.74 Å². The maximum atomic E-state index is 12.3. The Morgan fingerprint density at radius 1 is 1.38 bits per heavy atom. The van der Waals surface area contributed by atoms with E-state index in [1.54, 1.807) is 0 Å². The van der Waals surface area contributed by atoms with Gasteiger partial charge in [-0.2, -0.15) is 4.31 Å². The number of hydrogen-bond acceptors (Lipinski definition) is 6. The lowest BCUT2D eigenvalue weighted by molar-refractivity contribution is 0.0597. The number of rotatable bonds is 7. The zero-order chi connectivity index (χ0) is 16.0. The largest absolute Gasteiger partial charge is 0.507 e. The van der Waals surface area contributed by atoms with E-state index in [1.165, 1.54) is 13.1 Å². The van der Waals surface area contributed by atoms with Crippen LogP contribution in [0.1, 0.15) is 17.3 Å². The number of phenols is 1. The van der Waals surface area contributed by atoms with Gasteiger partial charge < -0.3 is 14.6 Å². The Morgan fingerprint density at radius 3 is 2.62 bits per heavy atom. The number of carbonyl (C=O) groups is 1. The minimum atomic E-state index is -3.77. The molecule has 0 radical (unpaired) electrons. The third-order valence-corrected chi connectivity index (χ3v) is 4.69. The van der Waals surface area contributed by atoms with Crippen LogP contribution >= 0.6 is 0 Å². The lowest BCUT2D eigenvalue weighted by Crippen LogP contribution is -2.30. The third kappa shape index (κ3) is 4.16. The molecule has 1 N–H and O–H groups in total. The van der Waals surface area contributed by atoms with Crippen LogP contribution in [0.3, 0.4) is 0 Å². The molecule has 7 nitrogen and oxygen atoms in total. The SMILES string of the molecule is CCOCCN(C)S(=O)(=O)c1ccc(O)c(C(=O)OC)c1. The number of likely N-dealkylation sites (N-methyl/N-ethyl adjacent to an activating group) is 1. The summed E-state index contributed by atoms with van der Waals surface area (Å²) in [6.07, 6.45) is 0. The second-order valence-electron chi connectivity index (χ2n) is 4.19. The topological polar surface area (TPSA) is 93.1 Å². The van der Waals surface area contributed by atoms with Crippen LogP contribution in [0.5, 0.6) is 5.75 Å². The predicted octanol–water partition coefficient (Wildman–Crippen LogP) is 0.836. The number of esters is 1. The van der Waals surface area contributed by atoms with Gasteiger partial charge in [0.25, 0.3) is 0 Å². The molecule has 0 atom stereocenters. The molecule has 1 rings (SSSR count). The number of methoxy groups -OCH3 is 1. The fraction of sp³-hybridized carbons (Fsp3) is 0.462. The van der Waals surface area contributed by atoms with E-state index in [9.17, 15) is 18.3 Å². The maximum Gasteiger partial charge on any atom is 0.341 e. The zero-order valence-electron chi connectivity index (χ0n) is 12.2. The summed E-state index contributed by atoms with van der Waals surface area (Å²) in [7, 11) is -1.20. The molecule has 118 valence electrons. The lowest BCUT2D eigenvalue weighted by atomic mass is 10.2. The first kappa shape index (κ1) is 17.4. The van der Waals surface area contributed by atoms with Crippen molar-refractivity contribution in [2.45, 2.75) is 11.8 Å². The van der Waals surface area contributed by atoms with E-state index in [-0.39, 0.29) is 29.4 Å². The Hall–Kier alpha value is -1.64. The summed E-state index contributed by atoms with van der Waals surface area (Å²) >= 11 is 0. The van der Waals surface area contributed by atoms with Gasteiger partial charge in [-0.05, 0) is 25.1 Å². The van der Waals surface area contributed by atoms with Crippen molar-refractivity contribution in [3.8, 4) is 5.75 Å². The van der Waals surface area contributed by atoms with Gasteiger partial charge in [0.2, 0.25) is 10.0 Å². The molecule has 0 aliphatic rings. The Kier molecular flexibility index (Phi) is 6.13. The first-order valence-electron chi connectivity index (χ1n) is 6.30. The van der Waals surface area contributed by atoms with Crippen molar-refractivity contribution in [2.75, 3.05) is 33.9 Å². The number of aromatic hydroxyl groups is 1. The fourth-order valence-electron chi connectivity index (χ4n) is 1.59. The molecule has 0 bridgehead atoms. The molecular formula is C13H19NO6S. The fourth-order valence-corrected chi connectivity index (χ4v) is 2.77. The summed E-state index contributed by atoms with van der Waals surface area (Å²) in [6, 6.07) is 3.47. The molecule has 1 aromatic carbocycles. The molecule has 0 saturated heterocycles. The first-order chi connectivity index (χ1) is 9.84.